The molecular formula is C14H16N4O3. The summed E-state index contributed by atoms with van der Waals surface area (Å²) in [4.78, 5) is 31.4. The van der Waals surface area contributed by atoms with Crippen LogP contribution in [0.15, 0.2) is 41.6 Å². The van der Waals surface area contributed by atoms with Gasteiger partial charge in [-0.25, -0.2) is 19.1 Å². The molecule has 2 aromatic heterocycles. The van der Waals surface area contributed by atoms with Crippen LogP contribution in [-0.2, 0) is 4.74 Å². The third-order valence-corrected chi connectivity index (χ3v) is 2.38. The van der Waals surface area contributed by atoms with E-state index in [2.05, 4.69) is 15.3 Å². The number of pyridine rings is 1. The molecule has 0 atom stereocenters. The zero-order valence-electron chi connectivity index (χ0n) is 12.0. The number of amides is 1. The van der Waals surface area contributed by atoms with Crippen LogP contribution in [0.2, 0.25) is 0 Å². The molecule has 0 saturated carbocycles. The van der Waals surface area contributed by atoms with Crippen molar-refractivity contribution in [2.75, 3.05) is 5.32 Å². The van der Waals surface area contributed by atoms with Crippen LogP contribution in [0.1, 0.15) is 20.8 Å². The molecule has 21 heavy (non-hydrogen) atoms. The first-order chi connectivity index (χ1) is 9.87. The number of anilines is 1. The molecule has 0 saturated heterocycles. The van der Waals surface area contributed by atoms with Crippen molar-refractivity contribution in [2.45, 2.75) is 26.4 Å². The third-order valence-electron chi connectivity index (χ3n) is 2.38. The maximum atomic E-state index is 11.9. The molecule has 0 aromatic carbocycles. The quantitative estimate of drug-likeness (QED) is 0.913. The Morgan fingerprint density at radius 1 is 1.29 bits per heavy atom. The maximum absolute atomic E-state index is 11.9. The van der Waals surface area contributed by atoms with E-state index in [1.807, 2.05) is 0 Å². The van der Waals surface area contributed by atoms with E-state index in [9.17, 15) is 9.59 Å². The maximum Gasteiger partial charge on any atom is 0.413 e. The van der Waals surface area contributed by atoms with Gasteiger partial charge < -0.3 is 4.74 Å². The number of nitrogens with one attached hydrogen (secondary N) is 1. The number of hydrogen-bond donors (Lipinski definition) is 1. The number of carbonyl (C=O) groups is 1. The van der Waals surface area contributed by atoms with Gasteiger partial charge in [0.25, 0.3) is 0 Å². The fraction of sp³-hybridized carbons (Fsp3) is 0.286. The molecule has 7 heteroatoms. The highest BCUT2D eigenvalue weighted by Crippen LogP contribution is 2.13. The summed E-state index contributed by atoms with van der Waals surface area (Å²) in [5.41, 5.74) is -0.644. The average molecular weight is 288 g/mol. The van der Waals surface area contributed by atoms with Gasteiger partial charge in [0.15, 0.2) is 0 Å². The first-order valence-corrected chi connectivity index (χ1v) is 6.35. The Labute approximate surface area is 121 Å². The van der Waals surface area contributed by atoms with E-state index in [0.717, 1.165) is 0 Å². The van der Waals surface area contributed by atoms with E-state index < -0.39 is 17.4 Å². The minimum Gasteiger partial charge on any atom is -0.444 e. The van der Waals surface area contributed by atoms with Crippen molar-refractivity contribution in [3.8, 4) is 5.69 Å². The molecule has 0 spiro atoms. The van der Waals surface area contributed by atoms with Crippen LogP contribution in [0.5, 0.6) is 0 Å². The molecule has 0 aliphatic heterocycles. The van der Waals surface area contributed by atoms with Crippen LogP contribution in [0.25, 0.3) is 5.69 Å². The van der Waals surface area contributed by atoms with E-state index in [1.165, 1.54) is 23.0 Å². The normalized spacial score (nSPS) is 11.0. The second-order valence-electron chi connectivity index (χ2n) is 5.29. The topological polar surface area (TPSA) is 86.1 Å². The average Bonchev–Trinajstić information content (AvgIpc) is 2.37. The Morgan fingerprint density at radius 3 is 2.67 bits per heavy atom. The lowest BCUT2D eigenvalue weighted by molar-refractivity contribution is 0.0635. The first-order valence-electron chi connectivity index (χ1n) is 6.35. The van der Waals surface area contributed by atoms with Gasteiger partial charge in [0.2, 0.25) is 0 Å². The SMILES string of the molecule is CC(C)(C)OC(=O)Nc1ccnc(=O)n1-c1cccnc1. The fourth-order valence-corrected chi connectivity index (χ4v) is 1.65. The summed E-state index contributed by atoms with van der Waals surface area (Å²) in [5, 5.41) is 2.54. The molecule has 0 fully saturated rings. The van der Waals surface area contributed by atoms with Crippen LogP contribution < -0.4 is 11.0 Å². The van der Waals surface area contributed by atoms with Crippen molar-refractivity contribution in [3.63, 3.8) is 0 Å². The molecule has 0 aliphatic carbocycles. The van der Waals surface area contributed by atoms with E-state index in [1.54, 1.807) is 39.1 Å². The summed E-state index contributed by atoms with van der Waals surface area (Å²) in [5.74, 6) is 0.261. The molecule has 2 rings (SSSR count). The van der Waals surface area contributed by atoms with Gasteiger partial charge in [-0.05, 0) is 39.0 Å². The lowest BCUT2D eigenvalue weighted by Crippen LogP contribution is -2.30. The van der Waals surface area contributed by atoms with E-state index >= 15 is 0 Å². The van der Waals surface area contributed by atoms with E-state index in [4.69, 9.17) is 4.74 Å². The van der Waals surface area contributed by atoms with Gasteiger partial charge in [-0.2, -0.15) is 0 Å². The Bertz CT molecular complexity index is 689. The van der Waals surface area contributed by atoms with Crippen LogP contribution in [0, 0.1) is 0 Å². The van der Waals surface area contributed by atoms with Crippen molar-refractivity contribution in [3.05, 3.63) is 47.3 Å². The van der Waals surface area contributed by atoms with Gasteiger partial charge in [0.1, 0.15) is 11.4 Å². The van der Waals surface area contributed by atoms with Gasteiger partial charge in [-0.15, -0.1) is 0 Å². The summed E-state index contributed by atoms with van der Waals surface area (Å²) in [6, 6.07) is 4.89. The van der Waals surface area contributed by atoms with Crippen LogP contribution in [0.4, 0.5) is 10.6 Å². The largest absolute Gasteiger partial charge is 0.444 e. The zero-order chi connectivity index (χ0) is 15.5. The monoisotopic (exact) mass is 288 g/mol. The summed E-state index contributed by atoms with van der Waals surface area (Å²) in [6.45, 7) is 5.27. The standard InChI is InChI=1S/C14H16N4O3/c1-14(2,3)21-13(20)17-11-6-8-16-12(19)18(11)10-5-4-7-15-9-10/h4-9H,1-3H3,(H,17,20). The second kappa shape index (κ2) is 5.74. The van der Waals surface area contributed by atoms with Gasteiger partial charge in [-0.1, -0.05) is 0 Å². The molecule has 7 nitrogen and oxygen atoms in total. The molecule has 2 heterocycles. The highest BCUT2D eigenvalue weighted by Gasteiger charge is 2.18. The number of hydrogen-bond acceptors (Lipinski definition) is 5. The number of aromatic nitrogens is 3. The highest BCUT2D eigenvalue weighted by atomic mass is 16.6. The lowest BCUT2D eigenvalue weighted by atomic mass is 10.2. The van der Waals surface area contributed by atoms with Crippen molar-refractivity contribution < 1.29 is 9.53 Å². The zero-order valence-corrected chi connectivity index (χ0v) is 12.0. The van der Waals surface area contributed by atoms with E-state index in [-0.39, 0.29) is 5.82 Å². The molecule has 0 radical (unpaired) electrons. The third kappa shape index (κ3) is 3.88. The minimum atomic E-state index is -0.647. The molecule has 0 unspecified atom stereocenters. The molecule has 0 aliphatic rings. The lowest BCUT2D eigenvalue weighted by Gasteiger charge is -2.20. The second-order valence-corrected chi connectivity index (χ2v) is 5.29. The van der Waals surface area contributed by atoms with Crippen molar-refractivity contribution in [2.24, 2.45) is 0 Å². The summed E-state index contributed by atoms with van der Waals surface area (Å²) >= 11 is 0. The highest BCUT2D eigenvalue weighted by molar-refractivity contribution is 5.84. The molecule has 110 valence electrons. The molecule has 1 N–H and O–H groups in total. The predicted octanol–water partition coefficient (Wildman–Crippen LogP) is 1.97. The number of ether oxygens (including phenoxy) is 1. The van der Waals surface area contributed by atoms with Crippen LogP contribution >= 0.6 is 0 Å². The van der Waals surface area contributed by atoms with Crippen LogP contribution in [-0.4, -0.2) is 26.2 Å². The number of rotatable bonds is 2. The summed E-state index contributed by atoms with van der Waals surface area (Å²) < 4.78 is 6.42. The Morgan fingerprint density at radius 2 is 2.05 bits per heavy atom. The van der Waals surface area contributed by atoms with Crippen molar-refractivity contribution in [1.29, 1.82) is 0 Å². The molecule has 0 bridgehead atoms. The van der Waals surface area contributed by atoms with Crippen molar-refractivity contribution in [1.82, 2.24) is 14.5 Å². The molecule has 1 amide bonds. The Kier molecular flexibility index (Phi) is 4.02. The van der Waals surface area contributed by atoms with Gasteiger partial charge >= 0.3 is 11.8 Å². The summed E-state index contributed by atoms with van der Waals surface area (Å²) in [7, 11) is 0. The fourth-order valence-electron chi connectivity index (χ4n) is 1.65. The van der Waals surface area contributed by atoms with Crippen molar-refractivity contribution >= 4 is 11.9 Å². The smallest absolute Gasteiger partial charge is 0.413 e. The summed E-state index contributed by atoms with van der Waals surface area (Å²) in [6.07, 6.45) is 3.77. The molecular weight excluding hydrogens is 272 g/mol. The van der Waals surface area contributed by atoms with E-state index in [0.29, 0.717) is 5.69 Å². The van der Waals surface area contributed by atoms with Gasteiger partial charge in [0, 0.05) is 12.4 Å². The van der Waals surface area contributed by atoms with Gasteiger partial charge in [0.05, 0.1) is 11.9 Å². The molecule has 2 aromatic rings. The Hall–Kier alpha value is -2.70. The van der Waals surface area contributed by atoms with Crippen LogP contribution in [0.3, 0.4) is 0 Å². The van der Waals surface area contributed by atoms with Gasteiger partial charge in [-0.3, -0.25) is 10.3 Å². The first kappa shape index (κ1) is 14.7. The number of carbonyl (C=O) groups excluding carboxylic acids is 1. The Balaban J connectivity index is 2.35. The number of nitrogens with zero attached hydrogens (tertiary/aromatic N) is 3. The predicted molar refractivity (Wildman–Crippen MR) is 77.5 cm³/mol. The minimum absolute atomic E-state index is 0.261.